The summed E-state index contributed by atoms with van der Waals surface area (Å²) < 4.78 is 27.3. The van der Waals surface area contributed by atoms with E-state index in [-0.39, 0.29) is 29.2 Å². The Morgan fingerprint density at radius 2 is 2.05 bits per heavy atom. The third kappa shape index (κ3) is 2.91. The molecule has 1 amide bonds. The fourth-order valence-corrected chi connectivity index (χ4v) is 2.96. The molecule has 1 aliphatic heterocycles. The lowest BCUT2D eigenvalue weighted by atomic mass is 10.1. The van der Waals surface area contributed by atoms with Gasteiger partial charge in [0.25, 0.3) is 0 Å². The number of hydrogen-bond acceptors (Lipinski definition) is 3. The summed E-state index contributed by atoms with van der Waals surface area (Å²) in [7, 11) is 0. The lowest BCUT2D eigenvalue weighted by Gasteiger charge is -2.14. The first-order valence-electron chi connectivity index (χ1n) is 7.18. The van der Waals surface area contributed by atoms with Crippen LogP contribution in [-0.2, 0) is 4.79 Å². The van der Waals surface area contributed by atoms with E-state index in [4.69, 9.17) is 0 Å². The first-order chi connectivity index (χ1) is 10.1. The van der Waals surface area contributed by atoms with Crippen LogP contribution in [0, 0.1) is 23.5 Å². The molecule has 21 heavy (non-hydrogen) atoms. The average molecular weight is 296 g/mol. The molecule has 3 N–H and O–H groups in total. The molecule has 0 radical (unpaired) electrons. The molecule has 1 aromatic rings. The Morgan fingerprint density at radius 1 is 1.33 bits per heavy atom. The number of aliphatic hydroxyl groups excluding tert-OH is 1. The van der Waals surface area contributed by atoms with Crippen molar-refractivity contribution < 1.29 is 18.7 Å². The Bertz CT molecular complexity index is 532. The molecule has 2 fully saturated rings. The number of aliphatic hydroxyl groups is 1. The second-order valence-corrected chi connectivity index (χ2v) is 5.81. The van der Waals surface area contributed by atoms with Crippen LogP contribution in [0.5, 0.6) is 0 Å². The zero-order chi connectivity index (χ0) is 15.0. The van der Waals surface area contributed by atoms with Crippen LogP contribution in [-0.4, -0.2) is 36.8 Å². The van der Waals surface area contributed by atoms with Gasteiger partial charge in [-0.15, -0.1) is 0 Å². The number of benzene rings is 1. The molecule has 4 unspecified atom stereocenters. The highest BCUT2D eigenvalue weighted by Gasteiger charge is 2.46. The van der Waals surface area contributed by atoms with Crippen molar-refractivity contribution in [2.24, 2.45) is 11.8 Å². The van der Waals surface area contributed by atoms with Gasteiger partial charge >= 0.3 is 0 Å². The van der Waals surface area contributed by atoms with E-state index in [1.165, 1.54) is 18.2 Å². The van der Waals surface area contributed by atoms with Crippen LogP contribution in [0.3, 0.4) is 0 Å². The molecule has 1 aromatic carbocycles. The van der Waals surface area contributed by atoms with Crippen LogP contribution < -0.4 is 10.6 Å². The number of β-amino-alcohol motifs (C(OH)–C–C–N with tert-alkyl or cyclic N) is 1. The van der Waals surface area contributed by atoms with Crippen molar-refractivity contribution in [1.82, 2.24) is 10.6 Å². The topological polar surface area (TPSA) is 61.4 Å². The number of nitrogens with one attached hydrogen (secondary N) is 2. The Hall–Kier alpha value is -1.53. The predicted molar refractivity (Wildman–Crippen MR) is 72.6 cm³/mol. The van der Waals surface area contributed by atoms with Crippen molar-refractivity contribution in [2.75, 3.05) is 19.6 Å². The minimum Gasteiger partial charge on any atom is -0.391 e. The number of amides is 1. The molecule has 3 rings (SSSR count). The fourth-order valence-electron chi connectivity index (χ4n) is 2.96. The van der Waals surface area contributed by atoms with Crippen LogP contribution in [0.4, 0.5) is 8.78 Å². The Labute approximate surface area is 121 Å². The standard InChI is InChI=1S/C15H18F2N2O2/c16-11-2-1-3-12(17)14(11)9-4-10(9)15(21)19-6-8-5-18-7-13(8)20/h1-3,8-10,13,18,20H,4-7H2,(H,19,21). The van der Waals surface area contributed by atoms with Crippen LogP contribution in [0.15, 0.2) is 18.2 Å². The van der Waals surface area contributed by atoms with Gasteiger partial charge in [0.2, 0.25) is 5.91 Å². The van der Waals surface area contributed by atoms with Crippen molar-refractivity contribution >= 4 is 5.91 Å². The smallest absolute Gasteiger partial charge is 0.223 e. The fraction of sp³-hybridized carbons (Fsp3) is 0.533. The molecule has 0 bridgehead atoms. The maximum atomic E-state index is 13.6. The maximum Gasteiger partial charge on any atom is 0.223 e. The lowest BCUT2D eigenvalue weighted by molar-refractivity contribution is -0.122. The minimum atomic E-state index is -0.592. The van der Waals surface area contributed by atoms with Gasteiger partial charge in [-0.2, -0.15) is 0 Å². The third-order valence-corrected chi connectivity index (χ3v) is 4.34. The van der Waals surface area contributed by atoms with Gasteiger partial charge in [0.1, 0.15) is 11.6 Å². The molecule has 6 heteroatoms. The number of hydrogen-bond donors (Lipinski definition) is 3. The van der Waals surface area contributed by atoms with Crippen molar-refractivity contribution in [3.05, 3.63) is 35.4 Å². The Kier molecular flexibility index (Phi) is 3.91. The number of halogens is 2. The average Bonchev–Trinajstić information content (AvgIpc) is 3.12. The highest BCUT2D eigenvalue weighted by Crippen LogP contribution is 2.49. The van der Waals surface area contributed by atoms with E-state index in [0.29, 0.717) is 26.1 Å². The molecular weight excluding hydrogens is 278 g/mol. The van der Waals surface area contributed by atoms with E-state index in [1.807, 2.05) is 0 Å². The zero-order valence-corrected chi connectivity index (χ0v) is 11.5. The third-order valence-electron chi connectivity index (χ3n) is 4.34. The Morgan fingerprint density at radius 3 is 2.67 bits per heavy atom. The van der Waals surface area contributed by atoms with E-state index in [9.17, 15) is 18.7 Å². The summed E-state index contributed by atoms with van der Waals surface area (Å²) in [6.45, 7) is 1.58. The molecule has 4 nitrogen and oxygen atoms in total. The van der Waals surface area contributed by atoms with Gasteiger partial charge in [0.05, 0.1) is 6.10 Å². The first-order valence-corrected chi connectivity index (χ1v) is 7.18. The highest BCUT2D eigenvalue weighted by atomic mass is 19.1. The van der Waals surface area contributed by atoms with Crippen LogP contribution >= 0.6 is 0 Å². The predicted octanol–water partition coefficient (Wildman–Crippen LogP) is 0.765. The molecule has 114 valence electrons. The summed E-state index contributed by atoms with van der Waals surface area (Å²) >= 11 is 0. The lowest BCUT2D eigenvalue weighted by Crippen LogP contribution is -2.35. The summed E-state index contributed by atoms with van der Waals surface area (Å²) in [4.78, 5) is 12.0. The van der Waals surface area contributed by atoms with E-state index >= 15 is 0 Å². The van der Waals surface area contributed by atoms with Crippen LogP contribution in [0.25, 0.3) is 0 Å². The van der Waals surface area contributed by atoms with Crippen LogP contribution in [0.1, 0.15) is 17.9 Å². The maximum absolute atomic E-state index is 13.6. The van der Waals surface area contributed by atoms with E-state index in [0.717, 1.165) is 0 Å². The van der Waals surface area contributed by atoms with Crippen molar-refractivity contribution in [3.63, 3.8) is 0 Å². The van der Waals surface area contributed by atoms with E-state index < -0.39 is 17.7 Å². The molecule has 1 aliphatic carbocycles. The molecule has 1 heterocycles. The second-order valence-electron chi connectivity index (χ2n) is 5.81. The molecule has 0 spiro atoms. The molecule has 4 atom stereocenters. The summed E-state index contributed by atoms with van der Waals surface area (Å²) in [5.41, 5.74) is 0.0141. The Balaban J connectivity index is 1.56. The summed E-state index contributed by atoms with van der Waals surface area (Å²) in [5, 5.41) is 15.5. The van der Waals surface area contributed by atoms with Crippen molar-refractivity contribution in [1.29, 1.82) is 0 Å². The monoisotopic (exact) mass is 296 g/mol. The van der Waals surface area contributed by atoms with E-state index in [2.05, 4.69) is 10.6 Å². The first kappa shape index (κ1) is 14.4. The van der Waals surface area contributed by atoms with Crippen molar-refractivity contribution in [3.8, 4) is 0 Å². The largest absolute Gasteiger partial charge is 0.391 e. The van der Waals surface area contributed by atoms with E-state index in [1.54, 1.807) is 0 Å². The van der Waals surface area contributed by atoms with Gasteiger partial charge in [-0.3, -0.25) is 4.79 Å². The quantitative estimate of drug-likeness (QED) is 0.769. The summed E-state index contributed by atoms with van der Waals surface area (Å²) in [6.07, 6.45) is 0.0131. The molecule has 1 saturated carbocycles. The number of carbonyl (C=O) groups excluding carboxylic acids is 1. The molecular formula is C15H18F2N2O2. The van der Waals surface area contributed by atoms with Gasteiger partial charge in [-0.05, 0) is 18.6 Å². The van der Waals surface area contributed by atoms with Crippen molar-refractivity contribution in [2.45, 2.75) is 18.4 Å². The van der Waals surface area contributed by atoms with Gasteiger partial charge < -0.3 is 15.7 Å². The summed E-state index contributed by atoms with van der Waals surface area (Å²) in [5.74, 6) is -2.13. The SMILES string of the molecule is O=C(NCC1CNCC1O)C1CC1c1c(F)cccc1F. The normalized spacial score (nSPS) is 31.2. The highest BCUT2D eigenvalue weighted by molar-refractivity contribution is 5.82. The number of rotatable bonds is 4. The van der Waals surface area contributed by atoms with Gasteiger partial charge in [-0.1, -0.05) is 6.07 Å². The van der Waals surface area contributed by atoms with Gasteiger partial charge in [-0.25, -0.2) is 8.78 Å². The molecule has 2 aliphatic rings. The minimum absolute atomic E-state index is 0.00338. The zero-order valence-electron chi connectivity index (χ0n) is 11.5. The van der Waals surface area contributed by atoms with Gasteiger partial charge in [0, 0.05) is 43.0 Å². The molecule has 0 aromatic heterocycles. The van der Waals surface area contributed by atoms with Gasteiger partial charge in [0.15, 0.2) is 0 Å². The second kappa shape index (κ2) is 5.69. The summed E-state index contributed by atoms with van der Waals surface area (Å²) in [6, 6.07) is 3.75. The van der Waals surface area contributed by atoms with Crippen LogP contribution in [0.2, 0.25) is 0 Å². The number of carbonyl (C=O) groups is 1. The molecule has 1 saturated heterocycles.